The molecule has 0 aliphatic heterocycles. The number of aliphatic hydroxyl groups is 5. The average Bonchev–Trinajstić information content (AvgIpc) is 3.57. The first-order valence-corrected chi connectivity index (χ1v) is 21.2. The molecule has 21 heteroatoms. The molecule has 2 aromatic heterocycles. The van der Waals surface area contributed by atoms with Crippen molar-refractivity contribution in [1.82, 2.24) is 30.9 Å². The van der Waals surface area contributed by atoms with E-state index in [0.717, 1.165) is 44.2 Å². The lowest BCUT2D eigenvalue weighted by Crippen LogP contribution is -2.49. The van der Waals surface area contributed by atoms with E-state index in [9.17, 15) is 49.5 Å². The van der Waals surface area contributed by atoms with E-state index in [0.29, 0.717) is 29.6 Å². The molecule has 0 aromatic carbocycles. The summed E-state index contributed by atoms with van der Waals surface area (Å²) < 4.78 is 5.27. The van der Waals surface area contributed by atoms with Crippen LogP contribution in [0.15, 0.2) is 10.9 Å². The summed E-state index contributed by atoms with van der Waals surface area (Å²) in [5.74, 6) is -1.27. The molecule has 0 saturated carbocycles. The summed E-state index contributed by atoms with van der Waals surface area (Å²) in [7, 11) is 2.65. The van der Waals surface area contributed by atoms with E-state index in [4.69, 9.17) is 15.6 Å². The third-order valence-corrected chi connectivity index (χ3v) is 11.2. The Morgan fingerprint density at radius 2 is 1.57 bits per heavy atom. The zero-order valence-electron chi connectivity index (χ0n) is 31.9. The van der Waals surface area contributed by atoms with Crippen LogP contribution in [-0.4, -0.2) is 143 Å². The second-order valence-corrected chi connectivity index (χ2v) is 16.3. The number of H-pyrrole nitrogens is 2. The van der Waals surface area contributed by atoms with E-state index in [-0.39, 0.29) is 67.1 Å². The van der Waals surface area contributed by atoms with Crippen molar-refractivity contribution < 1.29 is 54.6 Å². The highest BCUT2D eigenvalue weighted by Gasteiger charge is 2.30. The molecule has 0 bridgehead atoms. The molecule has 0 fully saturated rings. The summed E-state index contributed by atoms with van der Waals surface area (Å²) in [6.07, 6.45) is -0.227. The number of aryl methyl sites for hydroxylation is 1. The SMILES string of the molecule is C[C@H](CCC(=O)OCCSSC[C@H](N[C@@H](C)CCC(=O)NC[C@H](O)[C@@H](O)[C@H](O)[C@H](O)CO)C(=O)O)NC(=O)CCCCCCCc1cc2c(=O)[nH]c(N)nc2[nH]1. The van der Waals surface area contributed by atoms with E-state index in [1.807, 2.05) is 6.92 Å². The van der Waals surface area contributed by atoms with Gasteiger partial charge < -0.3 is 62.0 Å². The summed E-state index contributed by atoms with van der Waals surface area (Å²) in [6.45, 7) is 2.48. The normalized spacial score (nSPS) is 15.3. The van der Waals surface area contributed by atoms with Crippen LogP contribution in [0.3, 0.4) is 0 Å². The maximum atomic E-state index is 12.3. The van der Waals surface area contributed by atoms with Crippen LogP contribution >= 0.6 is 21.6 Å². The summed E-state index contributed by atoms with van der Waals surface area (Å²) in [5, 5.41) is 65.9. The highest BCUT2D eigenvalue weighted by molar-refractivity contribution is 8.76. The van der Waals surface area contributed by atoms with Gasteiger partial charge in [0.25, 0.3) is 5.56 Å². The number of esters is 1. The van der Waals surface area contributed by atoms with Gasteiger partial charge in [-0.15, -0.1) is 0 Å². The van der Waals surface area contributed by atoms with Gasteiger partial charge in [-0.2, -0.15) is 4.98 Å². The lowest BCUT2D eigenvalue weighted by atomic mass is 10.0. The second kappa shape index (κ2) is 26.5. The van der Waals surface area contributed by atoms with Crippen LogP contribution in [0.2, 0.25) is 0 Å². The smallest absolute Gasteiger partial charge is 0.321 e. The Morgan fingerprint density at radius 3 is 2.29 bits per heavy atom. The van der Waals surface area contributed by atoms with Gasteiger partial charge in [-0.1, -0.05) is 40.9 Å². The molecule has 7 atom stereocenters. The lowest BCUT2D eigenvalue weighted by molar-refractivity contribution is -0.143. The predicted octanol–water partition coefficient (Wildman–Crippen LogP) is -0.310. The first kappa shape index (κ1) is 48.7. The Bertz CT molecular complexity index is 1560. The Kier molecular flexibility index (Phi) is 23.0. The molecule has 19 nitrogen and oxygen atoms in total. The average molecular weight is 834 g/mol. The molecule has 0 aliphatic carbocycles. The van der Waals surface area contributed by atoms with Crippen molar-refractivity contribution in [2.24, 2.45) is 0 Å². The fourth-order valence-electron chi connectivity index (χ4n) is 5.50. The maximum Gasteiger partial charge on any atom is 0.321 e. The number of anilines is 1. The number of ether oxygens (including phenoxy) is 1. The number of aliphatic hydroxyl groups excluding tert-OH is 5. The monoisotopic (exact) mass is 833 g/mol. The van der Waals surface area contributed by atoms with Gasteiger partial charge in [0.15, 0.2) is 0 Å². The standard InChI is InChI=1S/C35H59N7O12S2/c1-20(10-12-27(46)37-17-25(44)30(49)31(50)26(45)18-43)38-24(34(52)53)19-56-55-15-14-54-29(48)13-11-21(2)39-28(47)9-7-5-3-4-6-8-22-16-23-32(40-22)41-35(36)42-33(23)51/h16,20-21,24-26,30-31,38,43-45,49-50H,3-15,17-19H2,1-2H3,(H,37,46)(H,39,47)(H,52,53)(H4,36,40,41,42,51)/t20-,21+,24-,25-,26+,30+,31+/m0/s1. The number of aromatic nitrogens is 3. The first-order chi connectivity index (χ1) is 26.6. The van der Waals surface area contributed by atoms with Crippen molar-refractivity contribution in [3.8, 4) is 0 Å². The van der Waals surface area contributed by atoms with Crippen LogP contribution in [-0.2, 0) is 30.3 Å². The number of nitrogens with zero attached hydrogens (tertiary/aromatic N) is 1. The predicted molar refractivity (Wildman–Crippen MR) is 213 cm³/mol. The zero-order chi connectivity index (χ0) is 41.6. The van der Waals surface area contributed by atoms with Crippen LogP contribution in [0.5, 0.6) is 0 Å². The molecule has 13 N–H and O–H groups in total. The molecule has 0 radical (unpaired) electrons. The van der Waals surface area contributed by atoms with E-state index < -0.39 is 55.5 Å². The number of hydrogen-bond donors (Lipinski definition) is 12. The molecule has 0 spiro atoms. The fraction of sp³-hybridized carbons (Fsp3) is 0.714. The number of carboxylic acids is 1. The van der Waals surface area contributed by atoms with Crippen LogP contribution in [0, 0.1) is 0 Å². The highest BCUT2D eigenvalue weighted by Crippen LogP contribution is 2.22. The number of fused-ring (bicyclic) bond motifs is 1. The number of aliphatic carboxylic acids is 1. The van der Waals surface area contributed by atoms with E-state index >= 15 is 0 Å². The molecule has 2 aromatic rings. The Morgan fingerprint density at radius 1 is 0.893 bits per heavy atom. The van der Waals surface area contributed by atoms with Crippen LogP contribution in [0.4, 0.5) is 5.95 Å². The van der Waals surface area contributed by atoms with Crippen molar-refractivity contribution in [1.29, 1.82) is 0 Å². The quantitative estimate of drug-likeness (QED) is 0.0273. The molecule has 0 unspecified atom stereocenters. The molecule has 2 amide bonds. The summed E-state index contributed by atoms with van der Waals surface area (Å²) in [5.41, 5.74) is 6.74. The van der Waals surface area contributed by atoms with Gasteiger partial charge >= 0.3 is 11.9 Å². The number of carboxylic acid groups (broad SMARTS) is 1. The van der Waals surface area contributed by atoms with Gasteiger partial charge in [-0.05, 0) is 52.0 Å². The summed E-state index contributed by atoms with van der Waals surface area (Å²) >= 11 is 0. The third kappa shape index (κ3) is 19.1. The number of nitrogens with one attached hydrogen (secondary N) is 5. The Hall–Kier alpha value is -3.44. The minimum atomic E-state index is -1.80. The summed E-state index contributed by atoms with van der Waals surface area (Å²) in [4.78, 5) is 70.1. The van der Waals surface area contributed by atoms with E-state index in [2.05, 4.69) is 30.9 Å². The number of carbonyl (C=O) groups excluding carboxylic acids is 3. The molecular weight excluding hydrogens is 775 g/mol. The van der Waals surface area contributed by atoms with Gasteiger partial charge in [0, 0.05) is 55.1 Å². The topological polar surface area (TPSA) is 323 Å². The van der Waals surface area contributed by atoms with Crippen LogP contribution in [0.25, 0.3) is 11.0 Å². The van der Waals surface area contributed by atoms with Crippen LogP contribution in [0.1, 0.15) is 83.7 Å². The van der Waals surface area contributed by atoms with Gasteiger partial charge in [-0.25, -0.2) is 0 Å². The second-order valence-electron chi connectivity index (χ2n) is 13.7. The van der Waals surface area contributed by atoms with Gasteiger partial charge in [0.1, 0.15) is 36.6 Å². The van der Waals surface area contributed by atoms with Crippen molar-refractivity contribution in [3.63, 3.8) is 0 Å². The van der Waals surface area contributed by atoms with Gasteiger partial charge in [-0.3, -0.25) is 29.0 Å². The molecule has 318 valence electrons. The van der Waals surface area contributed by atoms with Crippen molar-refractivity contribution in [2.75, 3.05) is 37.0 Å². The van der Waals surface area contributed by atoms with Gasteiger partial charge in [0.2, 0.25) is 17.8 Å². The molecule has 56 heavy (non-hydrogen) atoms. The third-order valence-electron chi connectivity index (χ3n) is 8.78. The number of unbranched alkanes of at least 4 members (excludes halogenated alkanes) is 4. The number of aromatic amines is 2. The molecule has 0 saturated heterocycles. The minimum absolute atomic E-state index is 0.0123. The molecule has 2 rings (SSSR count). The maximum absolute atomic E-state index is 12.3. The minimum Gasteiger partial charge on any atom is -0.480 e. The number of rotatable bonds is 30. The first-order valence-electron chi connectivity index (χ1n) is 18.8. The molecule has 2 heterocycles. The number of nitrogen functional groups attached to an aromatic ring is 1. The van der Waals surface area contributed by atoms with Gasteiger partial charge in [0.05, 0.1) is 18.1 Å². The van der Waals surface area contributed by atoms with Crippen LogP contribution < -0.4 is 27.2 Å². The number of hydrogen-bond acceptors (Lipinski definition) is 16. The number of carbonyl (C=O) groups is 4. The van der Waals surface area contributed by atoms with Crippen molar-refractivity contribution >= 4 is 62.3 Å². The van der Waals surface area contributed by atoms with Crippen molar-refractivity contribution in [2.45, 2.75) is 127 Å². The fourth-order valence-corrected chi connectivity index (χ4v) is 7.50. The Labute approximate surface area is 333 Å². The van der Waals surface area contributed by atoms with Crippen molar-refractivity contribution in [3.05, 3.63) is 22.1 Å². The number of nitrogens with two attached hydrogens (primary N) is 1. The van der Waals surface area contributed by atoms with E-state index in [1.54, 1.807) is 13.0 Å². The summed E-state index contributed by atoms with van der Waals surface area (Å²) in [6, 6.07) is 0.349. The Balaban J connectivity index is 1.48. The lowest BCUT2D eigenvalue weighted by Gasteiger charge is -2.25. The molecular formula is C35H59N7O12S2. The largest absolute Gasteiger partial charge is 0.480 e. The zero-order valence-corrected chi connectivity index (χ0v) is 33.5. The molecule has 0 aliphatic rings. The number of amides is 2. The highest BCUT2D eigenvalue weighted by atomic mass is 33.1. The van der Waals surface area contributed by atoms with E-state index in [1.165, 1.54) is 21.6 Å².